The summed E-state index contributed by atoms with van der Waals surface area (Å²) in [5.74, 6) is 0. The summed E-state index contributed by atoms with van der Waals surface area (Å²) < 4.78 is 5.84. The van der Waals surface area contributed by atoms with Crippen LogP contribution in [0.25, 0.3) is 0 Å². The summed E-state index contributed by atoms with van der Waals surface area (Å²) in [7, 11) is 0. The standard InChI is InChI=1S/C16H24N2O2/c19-16(6-7-17-13-16)10-15-12-18(8-9-20-15)11-14-4-2-1-3-5-14/h1-5,15,17,19H,6-13H2. The van der Waals surface area contributed by atoms with Crippen molar-refractivity contribution in [3.05, 3.63) is 35.9 Å². The Bertz CT molecular complexity index is 418. The van der Waals surface area contributed by atoms with E-state index < -0.39 is 5.60 Å². The summed E-state index contributed by atoms with van der Waals surface area (Å²) in [5.41, 5.74) is 0.773. The molecule has 110 valence electrons. The van der Waals surface area contributed by atoms with E-state index in [-0.39, 0.29) is 6.10 Å². The van der Waals surface area contributed by atoms with Gasteiger partial charge in [0, 0.05) is 32.6 Å². The second kappa shape index (κ2) is 6.22. The van der Waals surface area contributed by atoms with Crippen molar-refractivity contribution in [1.82, 2.24) is 10.2 Å². The van der Waals surface area contributed by atoms with Gasteiger partial charge in [0.25, 0.3) is 0 Å². The van der Waals surface area contributed by atoms with Crippen LogP contribution < -0.4 is 5.32 Å². The summed E-state index contributed by atoms with van der Waals surface area (Å²) in [5, 5.41) is 13.7. The predicted molar refractivity (Wildman–Crippen MR) is 78.5 cm³/mol. The highest BCUT2D eigenvalue weighted by molar-refractivity contribution is 5.14. The Hall–Kier alpha value is -0.940. The number of nitrogens with one attached hydrogen (secondary N) is 1. The highest BCUT2D eigenvalue weighted by Gasteiger charge is 2.35. The minimum absolute atomic E-state index is 0.150. The molecule has 2 aliphatic heterocycles. The molecule has 2 saturated heterocycles. The van der Waals surface area contributed by atoms with Crippen LogP contribution in [0.4, 0.5) is 0 Å². The molecular formula is C16H24N2O2. The van der Waals surface area contributed by atoms with Gasteiger partial charge in [-0.2, -0.15) is 0 Å². The minimum Gasteiger partial charge on any atom is -0.388 e. The van der Waals surface area contributed by atoms with Crippen molar-refractivity contribution in [3.63, 3.8) is 0 Å². The smallest absolute Gasteiger partial charge is 0.0808 e. The highest BCUT2D eigenvalue weighted by Crippen LogP contribution is 2.24. The zero-order valence-corrected chi connectivity index (χ0v) is 11.9. The molecule has 1 aromatic carbocycles. The van der Waals surface area contributed by atoms with Crippen molar-refractivity contribution in [1.29, 1.82) is 0 Å². The lowest BCUT2D eigenvalue weighted by molar-refractivity contribution is -0.0742. The normalized spacial score (nSPS) is 31.6. The van der Waals surface area contributed by atoms with E-state index in [4.69, 9.17) is 4.74 Å². The molecule has 0 radical (unpaired) electrons. The first-order valence-electron chi connectivity index (χ1n) is 7.55. The van der Waals surface area contributed by atoms with Crippen molar-refractivity contribution >= 4 is 0 Å². The number of β-amino-alcohol motifs (C(OH)–C–C–N with tert-alkyl or cyclic N) is 1. The maximum Gasteiger partial charge on any atom is 0.0808 e. The van der Waals surface area contributed by atoms with Crippen LogP contribution in [0.2, 0.25) is 0 Å². The number of hydrogen-bond acceptors (Lipinski definition) is 4. The summed E-state index contributed by atoms with van der Waals surface area (Å²) in [6.45, 7) is 5.24. The molecule has 0 aliphatic carbocycles. The molecule has 2 aliphatic rings. The molecule has 2 fully saturated rings. The number of rotatable bonds is 4. The van der Waals surface area contributed by atoms with Gasteiger partial charge in [-0.15, -0.1) is 0 Å². The fraction of sp³-hybridized carbons (Fsp3) is 0.625. The number of morpholine rings is 1. The number of ether oxygens (including phenoxy) is 1. The molecule has 0 bridgehead atoms. The molecule has 20 heavy (non-hydrogen) atoms. The van der Waals surface area contributed by atoms with Crippen LogP contribution in [0.3, 0.4) is 0 Å². The maximum atomic E-state index is 10.5. The molecule has 0 saturated carbocycles. The van der Waals surface area contributed by atoms with Gasteiger partial charge in [-0.3, -0.25) is 4.90 Å². The van der Waals surface area contributed by atoms with E-state index in [1.54, 1.807) is 0 Å². The van der Waals surface area contributed by atoms with E-state index in [1.165, 1.54) is 5.56 Å². The Labute approximate surface area is 120 Å². The monoisotopic (exact) mass is 276 g/mol. The molecule has 4 heteroatoms. The van der Waals surface area contributed by atoms with Gasteiger partial charge in [0.15, 0.2) is 0 Å². The summed E-state index contributed by atoms with van der Waals surface area (Å²) >= 11 is 0. The Morgan fingerprint density at radius 3 is 2.95 bits per heavy atom. The lowest BCUT2D eigenvalue weighted by Crippen LogP contribution is -2.46. The molecule has 2 heterocycles. The van der Waals surface area contributed by atoms with Gasteiger partial charge in [-0.05, 0) is 18.5 Å². The Morgan fingerprint density at radius 1 is 1.35 bits per heavy atom. The Kier molecular flexibility index (Phi) is 4.36. The van der Waals surface area contributed by atoms with Crippen LogP contribution in [0.15, 0.2) is 30.3 Å². The highest BCUT2D eigenvalue weighted by atomic mass is 16.5. The van der Waals surface area contributed by atoms with Crippen LogP contribution in [-0.2, 0) is 11.3 Å². The zero-order valence-electron chi connectivity index (χ0n) is 11.9. The fourth-order valence-corrected chi connectivity index (χ4v) is 3.22. The van der Waals surface area contributed by atoms with Crippen molar-refractivity contribution in [2.75, 3.05) is 32.8 Å². The van der Waals surface area contributed by atoms with E-state index in [9.17, 15) is 5.11 Å². The average molecular weight is 276 g/mol. The van der Waals surface area contributed by atoms with Gasteiger partial charge >= 0.3 is 0 Å². The lowest BCUT2D eigenvalue weighted by atomic mass is 9.94. The average Bonchev–Trinajstić information content (AvgIpc) is 2.87. The zero-order chi connectivity index (χ0) is 13.8. The Morgan fingerprint density at radius 2 is 2.20 bits per heavy atom. The SMILES string of the molecule is OC1(CC2CN(Cc3ccccc3)CCO2)CCNC1. The molecular weight excluding hydrogens is 252 g/mol. The van der Waals surface area contributed by atoms with Gasteiger partial charge in [0.2, 0.25) is 0 Å². The first-order valence-corrected chi connectivity index (χ1v) is 7.55. The van der Waals surface area contributed by atoms with E-state index in [1.807, 2.05) is 6.07 Å². The molecule has 2 atom stereocenters. The quantitative estimate of drug-likeness (QED) is 0.861. The van der Waals surface area contributed by atoms with Crippen LogP contribution in [0, 0.1) is 0 Å². The lowest BCUT2D eigenvalue weighted by Gasteiger charge is -2.36. The third-order valence-corrected chi connectivity index (χ3v) is 4.30. The Balaban J connectivity index is 1.54. The van der Waals surface area contributed by atoms with Gasteiger partial charge in [-0.25, -0.2) is 0 Å². The van der Waals surface area contributed by atoms with Crippen LogP contribution in [-0.4, -0.2) is 54.5 Å². The first kappa shape index (κ1) is 14.0. The third kappa shape index (κ3) is 3.58. The molecule has 3 rings (SSSR count). The van der Waals surface area contributed by atoms with Crippen LogP contribution in [0.5, 0.6) is 0 Å². The number of nitrogens with zero attached hydrogens (tertiary/aromatic N) is 1. The van der Waals surface area contributed by atoms with Gasteiger partial charge in [-0.1, -0.05) is 30.3 Å². The summed E-state index contributed by atoms with van der Waals surface area (Å²) in [6, 6.07) is 10.5. The summed E-state index contributed by atoms with van der Waals surface area (Å²) in [6.07, 6.45) is 1.73. The largest absolute Gasteiger partial charge is 0.388 e. The van der Waals surface area contributed by atoms with Crippen molar-refractivity contribution in [2.24, 2.45) is 0 Å². The molecule has 0 spiro atoms. The van der Waals surface area contributed by atoms with Gasteiger partial charge in [0.1, 0.15) is 0 Å². The van der Waals surface area contributed by atoms with E-state index >= 15 is 0 Å². The van der Waals surface area contributed by atoms with E-state index in [2.05, 4.69) is 34.5 Å². The minimum atomic E-state index is -0.569. The van der Waals surface area contributed by atoms with Gasteiger partial charge in [0.05, 0.1) is 18.3 Å². The number of hydrogen-bond donors (Lipinski definition) is 2. The molecule has 2 N–H and O–H groups in total. The van der Waals surface area contributed by atoms with E-state index in [0.717, 1.165) is 45.6 Å². The second-order valence-corrected chi connectivity index (χ2v) is 6.07. The maximum absolute atomic E-state index is 10.5. The second-order valence-electron chi connectivity index (χ2n) is 6.07. The topological polar surface area (TPSA) is 44.7 Å². The predicted octanol–water partition coefficient (Wildman–Crippen LogP) is 1.00. The summed E-state index contributed by atoms with van der Waals surface area (Å²) in [4.78, 5) is 2.43. The fourth-order valence-electron chi connectivity index (χ4n) is 3.22. The molecule has 0 amide bonds. The third-order valence-electron chi connectivity index (χ3n) is 4.30. The van der Waals surface area contributed by atoms with Crippen LogP contribution >= 0.6 is 0 Å². The molecule has 1 aromatic rings. The van der Waals surface area contributed by atoms with E-state index in [0.29, 0.717) is 6.54 Å². The van der Waals surface area contributed by atoms with Gasteiger partial charge < -0.3 is 15.2 Å². The number of aliphatic hydroxyl groups is 1. The number of benzene rings is 1. The van der Waals surface area contributed by atoms with Crippen molar-refractivity contribution in [2.45, 2.75) is 31.1 Å². The van der Waals surface area contributed by atoms with Crippen LogP contribution in [0.1, 0.15) is 18.4 Å². The molecule has 0 aromatic heterocycles. The molecule has 4 nitrogen and oxygen atoms in total. The van der Waals surface area contributed by atoms with Crippen molar-refractivity contribution < 1.29 is 9.84 Å². The molecule has 2 unspecified atom stereocenters. The first-order chi connectivity index (χ1) is 9.73. The van der Waals surface area contributed by atoms with Crippen molar-refractivity contribution in [3.8, 4) is 0 Å².